The van der Waals surface area contributed by atoms with Crippen molar-refractivity contribution in [2.24, 2.45) is 11.3 Å². The molecule has 27 heavy (non-hydrogen) atoms. The third-order valence-electron chi connectivity index (χ3n) is 4.93. The van der Waals surface area contributed by atoms with Crippen LogP contribution in [0.3, 0.4) is 0 Å². The molecule has 2 atom stereocenters. The number of carbonyl (C=O) groups excluding carboxylic acids is 1. The zero-order valence-corrected chi connectivity index (χ0v) is 17.8. The van der Waals surface area contributed by atoms with Gasteiger partial charge in [-0.2, -0.15) is 0 Å². The van der Waals surface area contributed by atoms with Crippen LogP contribution >= 0.6 is 23.1 Å². The van der Waals surface area contributed by atoms with Crippen molar-refractivity contribution < 1.29 is 9.18 Å². The lowest BCUT2D eigenvalue weighted by molar-refractivity contribution is -0.121. The average molecular weight is 407 g/mol. The Labute approximate surface area is 169 Å². The molecule has 146 valence electrons. The number of thioether (sulfide) groups is 1. The first-order chi connectivity index (χ1) is 12.8. The highest BCUT2D eigenvalue weighted by Gasteiger charge is 2.32. The summed E-state index contributed by atoms with van der Waals surface area (Å²) in [7, 11) is 0. The number of thiazole rings is 1. The molecule has 2 aromatic rings. The lowest BCUT2D eigenvalue weighted by Crippen LogP contribution is -2.43. The van der Waals surface area contributed by atoms with Crippen molar-refractivity contribution in [3.63, 3.8) is 0 Å². The van der Waals surface area contributed by atoms with Crippen LogP contribution < -0.4 is 5.32 Å². The Morgan fingerprint density at radius 1 is 1.37 bits per heavy atom. The van der Waals surface area contributed by atoms with E-state index in [0.717, 1.165) is 22.9 Å². The molecule has 1 heterocycles. The maximum atomic E-state index is 13.7. The predicted octanol–water partition coefficient (Wildman–Crippen LogP) is 5.45. The molecule has 1 aliphatic carbocycles. The second-order valence-corrected chi connectivity index (χ2v) is 10.4. The molecule has 0 spiro atoms. The lowest BCUT2D eigenvalue weighted by atomic mass is 9.70. The van der Waals surface area contributed by atoms with Gasteiger partial charge < -0.3 is 5.32 Å². The van der Waals surface area contributed by atoms with Crippen LogP contribution in [0.2, 0.25) is 0 Å². The van der Waals surface area contributed by atoms with E-state index in [1.807, 2.05) is 11.4 Å². The van der Waals surface area contributed by atoms with Gasteiger partial charge in [-0.25, -0.2) is 9.37 Å². The van der Waals surface area contributed by atoms with Crippen LogP contribution in [-0.4, -0.2) is 16.9 Å². The van der Waals surface area contributed by atoms with Crippen molar-refractivity contribution in [1.82, 2.24) is 10.3 Å². The van der Waals surface area contributed by atoms with Crippen molar-refractivity contribution in [1.29, 1.82) is 0 Å². The summed E-state index contributed by atoms with van der Waals surface area (Å²) in [6.07, 6.45) is 3.61. The highest BCUT2D eigenvalue weighted by molar-refractivity contribution is 8.00. The van der Waals surface area contributed by atoms with Crippen molar-refractivity contribution >= 4 is 29.0 Å². The van der Waals surface area contributed by atoms with Gasteiger partial charge in [-0.1, -0.05) is 50.7 Å². The van der Waals surface area contributed by atoms with Crippen LogP contribution in [0.1, 0.15) is 51.3 Å². The van der Waals surface area contributed by atoms with Crippen LogP contribution in [0.5, 0.6) is 0 Å². The SMILES string of the molecule is CC1CC(NC(=O)Cc2csc(SCc3ccccc3F)n2)CC(C)(C)C1. The maximum absolute atomic E-state index is 13.7. The molecule has 0 radical (unpaired) electrons. The van der Waals surface area contributed by atoms with Gasteiger partial charge in [0, 0.05) is 17.2 Å². The number of nitrogens with zero attached hydrogens (tertiary/aromatic N) is 1. The minimum atomic E-state index is -0.189. The molecule has 2 unspecified atom stereocenters. The molecule has 1 saturated carbocycles. The Bertz CT molecular complexity index is 790. The zero-order valence-electron chi connectivity index (χ0n) is 16.1. The summed E-state index contributed by atoms with van der Waals surface area (Å²) in [6.45, 7) is 6.82. The van der Waals surface area contributed by atoms with E-state index >= 15 is 0 Å². The van der Waals surface area contributed by atoms with Crippen molar-refractivity contribution in [3.05, 3.63) is 46.7 Å². The van der Waals surface area contributed by atoms with Crippen LogP contribution in [-0.2, 0) is 17.0 Å². The maximum Gasteiger partial charge on any atom is 0.226 e. The summed E-state index contributed by atoms with van der Waals surface area (Å²) in [6, 6.07) is 7.05. The number of carbonyl (C=O) groups is 1. The number of nitrogens with one attached hydrogen (secondary N) is 1. The van der Waals surface area contributed by atoms with E-state index in [1.54, 1.807) is 12.1 Å². The molecule has 0 aliphatic heterocycles. The minimum absolute atomic E-state index is 0.0425. The third-order valence-corrected chi connectivity index (χ3v) is 7.05. The summed E-state index contributed by atoms with van der Waals surface area (Å²) >= 11 is 3.02. The van der Waals surface area contributed by atoms with Crippen molar-refractivity contribution in [2.45, 2.75) is 62.6 Å². The molecule has 3 nitrogen and oxygen atoms in total. The molecular formula is C21H27FN2OS2. The highest BCUT2D eigenvalue weighted by Crippen LogP contribution is 2.38. The van der Waals surface area contributed by atoms with Crippen LogP contribution in [0.15, 0.2) is 34.0 Å². The first kappa shape index (κ1) is 20.3. The van der Waals surface area contributed by atoms with E-state index in [1.165, 1.54) is 35.6 Å². The van der Waals surface area contributed by atoms with Gasteiger partial charge in [0.2, 0.25) is 5.91 Å². The first-order valence-electron chi connectivity index (χ1n) is 9.41. The molecule has 0 bridgehead atoms. The van der Waals surface area contributed by atoms with E-state index < -0.39 is 0 Å². The second-order valence-electron chi connectivity index (χ2n) is 8.34. The summed E-state index contributed by atoms with van der Waals surface area (Å²) < 4.78 is 14.6. The van der Waals surface area contributed by atoms with Crippen molar-refractivity contribution in [3.8, 4) is 0 Å². The standard InChI is InChI=1S/C21H27FN2OS2/c1-14-8-16(11-21(2,3)10-14)23-19(25)9-17-13-27-20(24-17)26-12-15-6-4-5-7-18(15)22/h4-7,13-14,16H,8-12H2,1-3H3,(H,23,25). The molecule has 0 saturated heterocycles. The van der Waals surface area contributed by atoms with Crippen LogP contribution in [0.4, 0.5) is 4.39 Å². The second kappa shape index (κ2) is 8.74. The fraction of sp³-hybridized carbons (Fsp3) is 0.524. The first-order valence-corrected chi connectivity index (χ1v) is 11.3. The zero-order chi connectivity index (χ0) is 19.4. The van der Waals surface area contributed by atoms with E-state index in [4.69, 9.17) is 0 Å². The fourth-order valence-electron chi connectivity index (χ4n) is 4.09. The molecule has 1 amide bonds. The van der Waals surface area contributed by atoms with E-state index in [-0.39, 0.29) is 23.2 Å². The minimum Gasteiger partial charge on any atom is -0.353 e. The Morgan fingerprint density at radius 2 is 2.15 bits per heavy atom. The topological polar surface area (TPSA) is 42.0 Å². The van der Waals surface area contributed by atoms with Crippen molar-refractivity contribution in [2.75, 3.05) is 0 Å². The monoisotopic (exact) mass is 406 g/mol. The molecule has 6 heteroatoms. The summed E-state index contributed by atoms with van der Waals surface area (Å²) in [4.78, 5) is 17.0. The Hall–Kier alpha value is -1.40. The Balaban J connectivity index is 1.50. The number of hydrogen-bond acceptors (Lipinski definition) is 4. The molecular weight excluding hydrogens is 379 g/mol. The lowest BCUT2D eigenvalue weighted by Gasteiger charge is -2.39. The quantitative estimate of drug-likeness (QED) is 0.649. The van der Waals surface area contributed by atoms with Gasteiger partial charge in [0.25, 0.3) is 0 Å². The number of hydrogen-bond donors (Lipinski definition) is 1. The van der Waals surface area contributed by atoms with Gasteiger partial charge in [-0.05, 0) is 42.2 Å². The summed E-state index contributed by atoms with van der Waals surface area (Å²) in [5, 5.41) is 5.12. The molecule has 1 N–H and O–H groups in total. The van der Waals surface area contributed by atoms with Gasteiger partial charge >= 0.3 is 0 Å². The average Bonchev–Trinajstić information content (AvgIpc) is 2.99. The molecule has 1 fully saturated rings. The van der Waals surface area contributed by atoms with E-state index in [9.17, 15) is 9.18 Å². The molecule has 3 rings (SSSR count). The highest BCUT2D eigenvalue weighted by atomic mass is 32.2. The Morgan fingerprint density at radius 3 is 2.89 bits per heavy atom. The largest absolute Gasteiger partial charge is 0.353 e. The van der Waals surface area contributed by atoms with E-state index in [0.29, 0.717) is 23.7 Å². The fourth-order valence-corrected chi connectivity index (χ4v) is 5.92. The van der Waals surface area contributed by atoms with Crippen LogP contribution in [0, 0.1) is 17.2 Å². The normalized spacial score (nSPS) is 21.8. The molecule has 1 aromatic heterocycles. The van der Waals surface area contributed by atoms with E-state index in [2.05, 4.69) is 31.1 Å². The number of aromatic nitrogens is 1. The number of rotatable bonds is 6. The van der Waals surface area contributed by atoms with Crippen LogP contribution in [0.25, 0.3) is 0 Å². The predicted molar refractivity (Wildman–Crippen MR) is 111 cm³/mol. The third kappa shape index (κ3) is 6.04. The van der Waals surface area contributed by atoms with Gasteiger partial charge in [-0.3, -0.25) is 4.79 Å². The molecule has 1 aliphatic rings. The van der Waals surface area contributed by atoms with Gasteiger partial charge in [0.05, 0.1) is 12.1 Å². The number of halogens is 1. The smallest absolute Gasteiger partial charge is 0.226 e. The van der Waals surface area contributed by atoms with Gasteiger partial charge in [0.15, 0.2) is 0 Å². The summed E-state index contributed by atoms with van der Waals surface area (Å²) in [5.74, 6) is 1.03. The van der Waals surface area contributed by atoms with Gasteiger partial charge in [0.1, 0.15) is 10.2 Å². The van der Waals surface area contributed by atoms with Gasteiger partial charge in [-0.15, -0.1) is 11.3 Å². The summed E-state index contributed by atoms with van der Waals surface area (Å²) in [5.41, 5.74) is 1.75. The number of benzene rings is 1. The Kier molecular flexibility index (Phi) is 6.58. The number of amides is 1. The molecule has 1 aromatic carbocycles.